The molecule has 0 atom stereocenters. The molecule has 0 rings (SSSR count). The van der Waals surface area contributed by atoms with Crippen molar-refractivity contribution in [1.29, 1.82) is 0 Å². The van der Waals surface area contributed by atoms with E-state index in [9.17, 15) is 9.59 Å². The Bertz CT molecular complexity index is 96.8. The predicted molar refractivity (Wildman–Crippen MR) is 37.3 cm³/mol. The van der Waals surface area contributed by atoms with Crippen LogP contribution >= 0.6 is 0 Å². The summed E-state index contributed by atoms with van der Waals surface area (Å²) in [6, 6.07) is 0. The van der Waals surface area contributed by atoms with Gasteiger partial charge in [0.05, 0.1) is 0 Å². The van der Waals surface area contributed by atoms with Gasteiger partial charge in [0.1, 0.15) is 6.61 Å². The van der Waals surface area contributed by atoms with Crippen molar-refractivity contribution in [2.24, 2.45) is 0 Å². The molecule has 0 aromatic rings. The molecule has 0 heterocycles. The standard InChI is InChI=1S/C5H8O3.Ga.3H/c1-4(6)3-8-5(2)7;;;;/h3H2,1-2H3;;;;. The van der Waals surface area contributed by atoms with Gasteiger partial charge < -0.3 is 4.74 Å². The Kier molecular flexibility index (Phi) is 7.58. The first-order valence-corrected chi connectivity index (χ1v) is 2.25. The van der Waals surface area contributed by atoms with Crippen molar-refractivity contribution < 1.29 is 14.3 Å². The fourth-order valence-electron chi connectivity index (χ4n) is 0.203. The molecular weight excluding hydrogens is 178 g/mol. The van der Waals surface area contributed by atoms with Crippen molar-refractivity contribution in [3.8, 4) is 0 Å². The third-order valence-corrected chi connectivity index (χ3v) is 0.479. The van der Waals surface area contributed by atoms with Gasteiger partial charge in [0, 0.05) is 6.92 Å². The van der Waals surface area contributed by atoms with E-state index in [4.69, 9.17) is 0 Å². The van der Waals surface area contributed by atoms with E-state index in [0.717, 1.165) is 0 Å². The summed E-state index contributed by atoms with van der Waals surface area (Å²) in [7, 11) is 0. The van der Waals surface area contributed by atoms with Crippen LogP contribution in [0.1, 0.15) is 13.8 Å². The fraction of sp³-hybridized carbons (Fsp3) is 0.600. The number of esters is 1. The van der Waals surface area contributed by atoms with E-state index in [2.05, 4.69) is 4.74 Å². The van der Waals surface area contributed by atoms with Crippen LogP contribution in [0.15, 0.2) is 0 Å². The first-order chi connectivity index (χ1) is 3.63. The van der Waals surface area contributed by atoms with Gasteiger partial charge in [-0.2, -0.15) is 0 Å². The number of ether oxygens (including phenoxy) is 1. The zero-order chi connectivity index (χ0) is 6.57. The first-order valence-electron chi connectivity index (χ1n) is 2.25. The van der Waals surface area contributed by atoms with Crippen molar-refractivity contribution in [1.82, 2.24) is 0 Å². The summed E-state index contributed by atoms with van der Waals surface area (Å²) in [5.41, 5.74) is 0. The molecule has 0 aromatic carbocycles. The molecule has 0 unspecified atom stereocenters. The predicted octanol–water partition coefficient (Wildman–Crippen LogP) is -1.05. The van der Waals surface area contributed by atoms with Crippen LogP contribution in [0.25, 0.3) is 0 Å². The summed E-state index contributed by atoms with van der Waals surface area (Å²) in [5, 5.41) is 0. The Morgan fingerprint density at radius 3 is 1.89 bits per heavy atom. The number of ketones is 1. The summed E-state index contributed by atoms with van der Waals surface area (Å²) in [6.45, 7) is 2.53. The second-order valence-electron chi connectivity index (χ2n) is 1.48. The Morgan fingerprint density at radius 1 is 1.33 bits per heavy atom. The van der Waals surface area contributed by atoms with Gasteiger partial charge in [0.15, 0.2) is 5.78 Å². The molecule has 52 valence electrons. The molecule has 0 aromatic heterocycles. The molecule has 0 radical (unpaired) electrons. The van der Waals surface area contributed by atoms with E-state index >= 15 is 0 Å². The van der Waals surface area contributed by atoms with Crippen LogP contribution < -0.4 is 0 Å². The molecular formula is C5H11GaO3. The van der Waals surface area contributed by atoms with Crippen LogP contribution in [0.3, 0.4) is 0 Å². The van der Waals surface area contributed by atoms with Gasteiger partial charge in [-0.05, 0) is 6.92 Å². The van der Waals surface area contributed by atoms with E-state index in [1.54, 1.807) is 0 Å². The minimum absolute atomic E-state index is 0. The van der Waals surface area contributed by atoms with Crippen LogP contribution in [-0.2, 0) is 14.3 Å². The average molecular weight is 189 g/mol. The number of carbonyl (C=O) groups is 2. The first kappa shape index (κ1) is 11.6. The van der Waals surface area contributed by atoms with Crippen molar-refractivity contribution in [2.45, 2.75) is 13.8 Å². The number of hydrogen-bond donors (Lipinski definition) is 0. The van der Waals surface area contributed by atoms with Crippen LogP contribution in [0.4, 0.5) is 0 Å². The third-order valence-electron chi connectivity index (χ3n) is 0.479. The molecule has 0 aliphatic rings. The average Bonchev–Trinajstić information content (AvgIpc) is 1.61. The van der Waals surface area contributed by atoms with E-state index in [1.165, 1.54) is 13.8 Å². The van der Waals surface area contributed by atoms with Crippen LogP contribution in [0, 0.1) is 0 Å². The van der Waals surface area contributed by atoms with Gasteiger partial charge in [-0.1, -0.05) is 0 Å². The van der Waals surface area contributed by atoms with Crippen molar-refractivity contribution in [3.63, 3.8) is 0 Å². The van der Waals surface area contributed by atoms with E-state index < -0.39 is 5.97 Å². The molecule has 0 spiro atoms. The normalized spacial score (nSPS) is 7.33. The molecule has 4 heteroatoms. The molecule has 0 fully saturated rings. The fourth-order valence-corrected chi connectivity index (χ4v) is 0.203. The van der Waals surface area contributed by atoms with Crippen LogP contribution in [0.5, 0.6) is 0 Å². The van der Waals surface area contributed by atoms with E-state index in [0.29, 0.717) is 0 Å². The zero-order valence-electron chi connectivity index (χ0n) is 4.93. The third kappa shape index (κ3) is 11.4. The van der Waals surface area contributed by atoms with Crippen molar-refractivity contribution in [2.75, 3.05) is 6.61 Å². The minimum atomic E-state index is -0.416. The quantitative estimate of drug-likeness (QED) is 0.411. The molecule has 9 heavy (non-hydrogen) atoms. The molecule has 0 saturated heterocycles. The molecule has 0 aliphatic heterocycles. The molecule has 0 bridgehead atoms. The van der Waals surface area contributed by atoms with Gasteiger partial charge in [0.25, 0.3) is 0 Å². The van der Waals surface area contributed by atoms with Crippen LogP contribution in [0.2, 0.25) is 0 Å². The Labute approximate surface area is 66.8 Å². The zero-order valence-corrected chi connectivity index (χ0v) is 4.93. The summed E-state index contributed by atoms with van der Waals surface area (Å²) >= 11 is 0. The van der Waals surface area contributed by atoms with Crippen LogP contribution in [-0.4, -0.2) is 38.1 Å². The number of hydrogen-bond acceptors (Lipinski definition) is 3. The van der Waals surface area contributed by atoms with Gasteiger partial charge in [-0.3, -0.25) is 9.59 Å². The molecule has 0 N–H and O–H groups in total. The Hall–Kier alpha value is -0.224. The van der Waals surface area contributed by atoms with Gasteiger partial charge >= 0.3 is 25.8 Å². The maximum absolute atomic E-state index is 10.1. The Balaban J connectivity index is 0. The SMILES string of the molecule is CC(=O)COC(C)=O.[GaH3]. The Morgan fingerprint density at radius 2 is 1.78 bits per heavy atom. The number of rotatable bonds is 2. The molecule has 0 aliphatic carbocycles. The van der Waals surface area contributed by atoms with Gasteiger partial charge in [-0.25, -0.2) is 0 Å². The second kappa shape index (κ2) is 5.90. The summed E-state index contributed by atoms with van der Waals surface area (Å²) in [6.07, 6.45) is 0. The van der Waals surface area contributed by atoms with Gasteiger partial charge in [0.2, 0.25) is 0 Å². The topological polar surface area (TPSA) is 43.4 Å². The maximum atomic E-state index is 10.1. The van der Waals surface area contributed by atoms with E-state index in [-0.39, 0.29) is 32.2 Å². The monoisotopic (exact) mass is 188 g/mol. The molecule has 0 amide bonds. The number of Topliss-reactive ketones (excluding diaryl/α,β-unsaturated/α-hetero) is 1. The second-order valence-corrected chi connectivity index (χ2v) is 1.48. The van der Waals surface area contributed by atoms with E-state index in [1.807, 2.05) is 0 Å². The van der Waals surface area contributed by atoms with Crippen molar-refractivity contribution >= 4 is 31.5 Å². The van der Waals surface area contributed by atoms with Gasteiger partial charge in [-0.15, -0.1) is 0 Å². The summed E-state index contributed by atoms with van der Waals surface area (Å²) < 4.78 is 4.31. The summed E-state index contributed by atoms with van der Waals surface area (Å²) in [4.78, 5) is 20.0. The molecule has 0 saturated carbocycles. The summed E-state index contributed by atoms with van der Waals surface area (Å²) in [5.74, 6) is -0.555. The molecule has 3 nitrogen and oxygen atoms in total. The van der Waals surface area contributed by atoms with Crippen molar-refractivity contribution in [3.05, 3.63) is 0 Å². The number of carbonyl (C=O) groups excluding carboxylic acids is 2.